The van der Waals surface area contributed by atoms with Crippen LogP contribution in [-0.2, 0) is 11.8 Å². The number of rotatable bonds is 5. The van der Waals surface area contributed by atoms with Crippen molar-refractivity contribution in [3.05, 3.63) is 30.1 Å². The van der Waals surface area contributed by atoms with Crippen molar-refractivity contribution in [3.8, 4) is 11.4 Å². The molecule has 2 rings (SSSR count). The number of thioether (sulfide) groups is 1. The lowest BCUT2D eigenvalue weighted by Gasteiger charge is -2.08. The molecule has 0 aliphatic carbocycles. The molecule has 2 aromatic rings. The van der Waals surface area contributed by atoms with Crippen LogP contribution in [0.1, 0.15) is 0 Å². The van der Waals surface area contributed by atoms with Crippen molar-refractivity contribution in [2.75, 3.05) is 12.3 Å². The number of hydrogen-bond acceptors (Lipinski definition) is 4. The van der Waals surface area contributed by atoms with Crippen LogP contribution < -0.4 is 5.32 Å². The highest BCUT2D eigenvalue weighted by Crippen LogP contribution is 2.24. The Morgan fingerprint density at radius 3 is 2.65 bits per heavy atom. The van der Waals surface area contributed by atoms with Crippen molar-refractivity contribution in [1.82, 2.24) is 20.1 Å². The number of benzene rings is 1. The Morgan fingerprint density at radius 2 is 2.00 bits per heavy atom. The number of carbonyl (C=O) groups excluding carboxylic acids is 1. The van der Waals surface area contributed by atoms with Crippen LogP contribution in [0.3, 0.4) is 0 Å². The maximum Gasteiger partial charge on any atom is 0.405 e. The Balaban J connectivity index is 2.01. The summed E-state index contributed by atoms with van der Waals surface area (Å²) >= 11 is 0.915. The summed E-state index contributed by atoms with van der Waals surface area (Å²) in [6, 6.07) is 5.99. The third kappa shape index (κ3) is 4.68. The first-order valence-corrected chi connectivity index (χ1v) is 7.37. The van der Waals surface area contributed by atoms with E-state index >= 15 is 0 Å². The van der Waals surface area contributed by atoms with Crippen molar-refractivity contribution in [1.29, 1.82) is 0 Å². The molecular weight excluding hydrogens is 336 g/mol. The van der Waals surface area contributed by atoms with Crippen molar-refractivity contribution in [2.45, 2.75) is 11.3 Å². The van der Waals surface area contributed by atoms with Crippen molar-refractivity contribution < 1.29 is 22.4 Å². The van der Waals surface area contributed by atoms with Gasteiger partial charge in [0.1, 0.15) is 12.4 Å². The predicted molar refractivity (Wildman–Crippen MR) is 76.2 cm³/mol. The van der Waals surface area contributed by atoms with Gasteiger partial charge in [-0.05, 0) is 12.1 Å². The number of aromatic nitrogens is 3. The van der Waals surface area contributed by atoms with Gasteiger partial charge >= 0.3 is 6.18 Å². The Labute approximate surface area is 133 Å². The van der Waals surface area contributed by atoms with Gasteiger partial charge in [-0.3, -0.25) is 4.79 Å². The highest BCUT2D eigenvalue weighted by atomic mass is 32.2. The molecule has 1 N–H and O–H groups in total. The minimum atomic E-state index is -4.46. The SMILES string of the molecule is Cn1c(SCC(=O)NCC(F)(F)F)nnc1-c1ccccc1F. The fraction of sp³-hybridized carbons (Fsp3) is 0.308. The van der Waals surface area contributed by atoms with Crippen LogP contribution in [0, 0.1) is 5.82 Å². The number of halogens is 4. The molecule has 0 radical (unpaired) electrons. The van der Waals surface area contributed by atoms with Crippen LogP contribution in [0.25, 0.3) is 11.4 Å². The van der Waals surface area contributed by atoms with Crippen molar-refractivity contribution >= 4 is 17.7 Å². The minimum absolute atomic E-state index is 0.246. The highest BCUT2D eigenvalue weighted by molar-refractivity contribution is 7.99. The Hall–Kier alpha value is -2.10. The molecule has 0 saturated heterocycles. The summed E-state index contributed by atoms with van der Waals surface area (Å²) in [5.74, 6) is -1.23. The molecule has 0 aliphatic heterocycles. The molecule has 5 nitrogen and oxygen atoms in total. The van der Waals surface area contributed by atoms with Crippen LogP contribution in [0.15, 0.2) is 29.4 Å². The van der Waals surface area contributed by atoms with Crippen LogP contribution in [0.5, 0.6) is 0 Å². The van der Waals surface area contributed by atoms with E-state index in [0.717, 1.165) is 11.8 Å². The van der Waals surface area contributed by atoms with Gasteiger partial charge in [0.2, 0.25) is 5.91 Å². The Morgan fingerprint density at radius 1 is 1.30 bits per heavy atom. The molecule has 0 aliphatic rings. The van der Waals surface area contributed by atoms with Crippen molar-refractivity contribution in [3.63, 3.8) is 0 Å². The topological polar surface area (TPSA) is 59.8 Å². The van der Waals surface area contributed by atoms with Gasteiger partial charge in [-0.1, -0.05) is 23.9 Å². The Bertz CT molecular complexity index is 702. The second-order valence-corrected chi connectivity index (χ2v) is 5.47. The third-order valence-electron chi connectivity index (χ3n) is 2.77. The fourth-order valence-corrected chi connectivity index (χ4v) is 2.44. The van der Waals surface area contributed by atoms with Gasteiger partial charge in [0.25, 0.3) is 0 Å². The fourth-order valence-electron chi connectivity index (χ4n) is 1.70. The molecule has 0 unspecified atom stereocenters. The standard InChI is InChI=1S/C13H12F4N4OS/c1-21-11(8-4-2-3-5-9(8)14)19-20-12(21)23-6-10(22)18-7-13(15,16)17/h2-5H,6-7H2,1H3,(H,18,22). The summed E-state index contributed by atoms with van der Waals surface area (Å²) in [6.07, 6.45) is -4.46. The van der Waals surface area contributed by atoms with Crippen LogP contribution in [0.2, 0.25) is 0 Å². The van der Waals surface area contributed by atoms with E-state index in [-0.39, 0.29) is 17.1 Å². The Kier molecular flexibility index (Phi) is 5.24. The average molecular weight is 348 g/mol. The number of nitrogens with one attached hydrogen (secondary N) is 1. The maximum atomic E-state index is 13.7. The highest BCUT2D eigenvalue weighted by Gasteiger charge is 2.27. The van der Waals surface area contributed by atoms with Crippen molar-refractivity contribution in [2.24, 2.45) is 7.05 Å². The third-order valence-corrected chi connectivity index (χ3v) is 3.79. The van der Waals surface area contributed by atoms with Gasteiger partial charge in [0, 0.05) is 7.05 Å². The molecule has 0 atom stereocenters. The molecule has 0 saturated carbocycles. The van der Waals surface area contributed by atoms with E-state index in [2.05, 4.69) is 10.2 Å². The summed E-state index contributed by atoms with van der Waals surface area (Å²) in [4.78, 5) is 11.4. The molecule has 0 bridgehead atoms. The summed E-state index contributed by atoms with van der Waals surface area (Å²) < 4.78 is 51.2. The molecule has 0 fully saturated rings. The summed E-state index contributed by atoms with van der Waals surface area (Å²) in [5.41, 5.74) is 0.246. The monoisotopic (exact) mass is 348 g/mol. The molecule has 1 heterocycles. The zero-order chi connectivity index (χ0) is 17.0. The first kappa shape index (κ1) is 17.3. The molecule has 1 aromatic heterocycles. The zero-order valence-electron chi connectivity index (χ0n) is 11.9. The lowest BCUT2D eigenvalue weighted by atomic mass is 10.2. The smallest absolute Gasteiger partial charge is 0.346 e. The van der Waals surface area contributed by atoms with Gasteiger partial charge in [-0.15, -0.1) is 10.2 Å². The molecule has 1 amide bonds. The second-order valence-electron chi connectivity index (χ2n) is 4.53. The quantitative estimate of drug-likeness (QED) is 0.666. The van der Waals surface area contributed by atoms with Gasteiger partial charge in [0.05, 0.1) is 11.3 Å². The summed E-state index contributed by atoms with van der Waals surface area (Å²) in [5, 5.41) is 9.73. The normalized spacial score (nSPS) is 11.5. The zero-order valence-corrected chi connectivity index (χ0v) is 12.7. The summed E-state index contributed by atoms with van der Waals surface area (Å²) in [6.45, 7) is -1.38. The molecular formula is C13H12F4N4OS. The van der Waals surface area contributed by atoms with Gasteiger partial charge in [-0.25, -0.2) is 4.39 Å². The van der Waals surface area contributed by atoms with E-state index in [9.17, 15) is 22.4 Å². The first-order valence-electron chi connectivity index (χ1n) is 6.38. The largest absolute Gasteiger partial charge is 0.405 e. The lowest BCUT2D eigenvalue weighted by Crippen LogP contribution is -2.34. The number of nitrogens with zero attached hydrogens (tertiary/aromatic N) is 3. The summed E-state index contributed by atoms with van der Waals surface area (Å²) in [7, 11) is 1.58. The second kappa shape index (κ2) is 6.99. The molecule has 10 heteroatoms. The number of carbonyl (C=O) groups is 1. The molecule has 124 valence electrons. The van der Waals surface area contributed by atoms with Gasteiger partial charge < -0.3 is 9.88 Å². The van der Waals surface area contributed by atoms with Gasteiger partial charge in [0.15, 0.2) is 11.0 Å². The van der Waals surface area contributed by atoms with Gasteiger partial charge in [-0.2, -0.15) is 13.2 Å². The van der Waals surface area contributed by atoms with Crippen LogP contribution in [0.4, 0.5) is 17.6 Å². The van der Waals surface area contributed by atoms with E-state index < -0.39 is 24.4 Å². The van der Waals surface area contributed by atoms with E-state index in [1.807, 2.05) is 0 Å². The van der Waals surface area contributed by atoms with Crippen LogP contribution in [-0.4, -0.2) is 39.1 Å². The number of alkyl halides is 3. The number of amides is 1. The predicted octanol–water partition coefficient (Wildman–Crippen LogP) is 2.39. The molecule has 1 aromatic carbocycles. The minimum Gasteiger partial charge on any atom is -0.346 e. The van der Waals surface area contributed by atoms with E-state index in [1.54, 1.807) is 18.4 Å². The maximum absolute atomic E-state index is 13.7. The molecule has 23 heavy (non-hydrogen) atoms. The first-order chi connectivity index (χ1) is 10.8. The molecule has 0 spiro atoms. The van der Waals surface area contributed by atoms with Crippen LogP contribution >= 0.6 is 11.8 Å². The van der Waals surface area contributed by atoms with E-state index in [0.29, 0.717) is 5.16 Å². The number of hydrogen-bond donors (Lipinski definition) is 1. The van der Waals surface area contributed by atoms with E-state index in [1.165, 1.54) is 22.8 Å². The lowest BCUT2D eigenvalue weighted by molar-refractivity contribution is -0.136. The average Bonchev–Trinajstić information content (AvgIpc) is 2.84. The van der Waals surface area contributed by atoms with E-state index in [4.69, 9.17) is 0 Å².